The summed E-state index contributed by atoms with van der Waals surface area (Å²) in [6, 6.07) is 13.3. The third-order valence-electron chi connectivity index (χ3n) is 7.29. The maximum atomic E-state index is 14.6. The SMILES string of the molecule is Cc1ccccc1C(C(=O)NC(Cc1ccccc1)C(=O)OC(C)(C)C)N(C(=O)C(C)NC(=O)OC(C)(C)C)C(C)CCC(C)C. The van der Waals surface area contributed by atoms with Gasteiger partial charge in [0, 0.05) is 12.5 Å². The van der Waals surface area contributed by atoms with Gasteiger partial charge in [-0.3, -0.25) is 9.59 Å². The predicted octanol–water partition coefficient (Wildman–Crippen LogP) is 6.67. The number of nitrogens with one attached hydrogen (secondary N) is 2. The van der Waals surface area contributed by atoms with Gasteiger partial charge in [-0.05, 0) is 97.8 Å². The van der Waals surface area contributed by atoms with Crippen molar-refractivity contribution in [3.8, 4) is 0 Å². The Labute approximate surface area is 275 Å². The smallest absolute Gasteiger partial charge is 0.408 e. The average molecular weight is 638 g/mol. The summed E-state index contributed by atoms with van der Waals surface area (Å²) in [5, 5.41) is 5.62. The minimum atomic E-state index is -1.10. The van der Waals surface area contributed by atoms with Crippen molar-refractivity contribution in [1.82, 2.24) is 15.5 Å². The Bertz CT molecular complexity index is 1310. The highest BCUT2D eigenvalue weighted by molar-refractivity contribution is 5.94. The molecule has 2 N–H and O–H groups in total. The first kappa shape index (κ1) is 38.3. The first-order chi connectivity index (χ1) is 21.3. The largest absolute Gasteiger partial charge is 0.458 e. The van der Waals surface area contributed by atoms with Crippen LogP contribution in [0.5, 0.6) is 0 Å². The fourth-order valence-corrected chi connectivity index (χ4v) is 5.06. The molecular formula is C37H55N3O6. The molecule has 0 heterocycles. The molecule has 0 radical (unpaired) electrons. The number of hydrogen-bond donors (Lipinski definition) is 2. The van der Waals surface area contributed by atoms with E-state index in [1.54, 1.807) is 53.4 Å². The van der Waals surface area contributed by atoms with Crippen LogP contribution in [-0.2, 0) is 30.3 Å². The van der Waals surface area contributed by atoms with Crippen molar-refractivity contribution in [2.45, 2.75) is 131 Å². The molecule has 0 aliphatic carbocycles. The average Bonchev–Trinajstić information content (AvgIpc) is 2.93. The molecule has 9 nitrogen and oxygen atoms in total. The van der Waals surface area contributed by atoms with Crippen LogP contribution in [0.4, 0.5) is 4.79 Å². The van der Waals surface area contributed by atoms with Crippen molar-refractivity contribution in [3.05, 3.63) is 71.3 Å². The highest BCUT2D eigenvalue weighted by atomic mass is 16.6. The second-order valence-electron chi connectivity index (χ2n) is 14.5. The predicted molar refractivity (Wildman–Crippen MR) is 181 cm³/mol. The number of alkyl carbamates (subject to hydrolysis) is 1. The van der Waals surface area contributed by atoms with Gasteiger partial charge in [-0.15, -0.1) is 0 Å². The number of amides is 3. The zero-order valence-corrected chi connectivity index (χ0v) is 29.6. The van der Waals surface area contributed by atoms with E-state index in [-0.39, 0.29) is 12.5 Å². The molecule has 46 heavy (non-hydrogen) atoms. The van der Waals surface area contributed by atoms with E-state index in [4.69, 9.17) is 9.47 Å². The number of carbonyl (C=O) groups excluding carboxylic acids is 4. The Morgan fingerprint density at radius 1 is 0.761 bits per heavy atom. The summed E-state index contributed by atoms with van der Waals surface area (Å²) in [6.45, 7) is 20.1. The maximum Gasteiger partial charge on any atom is 0.408 e. The molecule has 3 amide bonds. The Hall–Kier alpha value is -3.88. The number of hydrogen-bond acceptors (Lipinski definition) is 6. The van der Waals surface area contributed by atoms with Crippen LogP contribution in [0.1, 0.15) is 105 Å². The molecule has 0 aliphatic rings. The van der Waals surface area contributed by atoms with Gasteiger partial charge in [0.25, 0.3) is 0 Å². The number of ether oxygens (including phenoxy) is 2. The van der Waals surface area contributed by atoms with Gasteiger partial charge >= 0.3 is 12.1 Å². The minimum absolute atomic E-state index is 0.204. The lowest BCUT2D eigenvalue weighted by atomic mass is 9.94. The lowest BCUT2D eigenvalue weighted by Gasteiger charge is -2.39. The van der Waals surface area contributed by atoms with Crippen LogP contribution in [0.25, 0.3) is 0 Å². The minimum Gasteiger partial charge on any atom is -0.458 e. The molecule has 0 spiro atoms. The summed E-state index contributed by atoms with van der Waals surface area (Å²) >= 11 is 0. The van der Waals surface area contributed by atoms with Crippen molar-refractivity contribution >= 4 is 23.9 Å². The number of rotatable bonds is 13. The topological polar surface area (TPSA) is 114 Å². The van der Waals surface area contributed by atoms with E-state index in [2.05, 4.69) is 24.5 Å². The van der Waals surface area contributed by atoms with Gasteiger partial charge in [-0.1, -0.05) is 68.4 Å². The van der Waals surface area contributed by atoms with Crippen molar-refractivity contribution in [1.29, 1.82) is 0 Å². The fourth-order valence-electron chi connectivity index (χ4n) is 5.06. The normalized spacial score (nSPS) is 14.4. The van der Waals surface area contributed by atoms with Crippen molar-refractivity contribution in [3.63, 3.8) is 0 Å². The monoisotopic (exact) mass is 637 g/mol. The Balaban J connectivity index is 2.62. The van der Waals surface area contributed by atoms with Crippen LogP contribution in [0, 0.1) is 12.8 Å². The second-order valence-corrected chi connectivity index (χ2v) is 14.5. The van der Waals surface area contributed by atoms with E-state index < -0.39 is 53.2 Å². The first-order valence-electron chi connectivity index (χ1n) is 16.2. The first-order valence-corrected chi connectivity index (χ1v) is 16.2. The van der Waals surface area contributed by atoms with E-state index >= 15 is 0 Å². The molecule has 9 heteroatoms. The zero-order valence-electron chi connectivity index (χ0n) is 29.6. The third kappa shape index (κ3) is 12.5. The fraction of sp³-hybridized carbons (Fsp3) is 0.568. The molecule has 0 bridgehead atoms. The summed E-state index contributed by atoms with van der Waals surface area (Å²) in [6.07, 6.45) is 0.913. The molecule has 0 fully saturated rings. The van der Waals surface area contributed by atoms with Crippen LogP contribution in [0.2, 0.25) is 0 Å². The summed E-state index contributed by atoms with van der Waals surface area (Å²) in [7, 11) is 0. The van der Waals surface area contributed by atoms with Crippen LogP contribution >= 0.6 is 0 Å². The van der Waals surface area contributed by atoms with Crippen LogP contribution in [-0.4, -0.2) is 58.1 Å². The van der Waals surface area contributed by atoms with Gasteiger partial charge in [0.15, 0.2) is 0 Å². The molecule has 2 aromatic rings. The molecule has 0 aliphatic heterocycles. The second kappa shape index (κ2) is 16.6. The van der Waals surface area contributed by atoms with Crippen molar-refractivity contribution in [2.75, 3.05) is 0 Å². The number of carbonyl (C=O) groups is 4. The van der Waals surface area contributed by atoms with E-state index in [1.165, 1.54) is 0 Å². The Kier molecular flexibility index (Phi) is 13.8. The molecule has 0 aromatic heterocycles. The van der Waals surface area contributed by atoms with E-state index in [0.717, 1.165) is 17.5 Å². The number of aryl methyl sites for hydroxylation is 1. The number of benzene rings is 2. The van der Waals surface area contributed by atoms with Crippen molar-refractivity contribution in [2.24, 2.45) is 5.92 Å². The quantitative estimate of drug-likeness (QED) is 0.237. The summed E-state index contributed by atoms with van der Waals surface area (Å²) in [4.78, 5) is 56.6. The standard InChI is InChI=1S/C37H55N3O6/c1-24(2)21-22-26(4)40(33(42)27(5)38-35(44)46-37(9,10)11)31(29-20-16-15-17-25(29)3)32(41)39-30(34(43)45-36(6,7)8)23-28-18-13-12-14-19-28/h12-20,24,26-27,30-31H,21-23H2,1-11H3,(H,38,44)(H,39,41). The van der Waals surface area contributed by atoms with Gasteiger partial charge in [-0.25, -0.2) is 9.59 Å². The highest BCUT2D eigenvalue weighted by Crippen LogP contribution is 2.30. The molecular weight excluding hydrogens is 582 g/mol. The van der Waals surface area contributed by atoms with Crippen LogP contribution in [0.15, 0.2) is 54.6 Å². The Morgan fingerprint density at radius 2 is 1.33 bits per heavy atom. The molecule has 0 saturated carbocycles. The lowest BCUT2D eigenvalue weighted by molar-refractivity contribution is -0.159. The number of esters is 1. The number of nitrogens with zero attached hydrogens (tertiary/aromatic N) is 1. The van der Waals surface area contributed by atoms with Gasteiger partial charge in [0.2, 0.25) is 11.8 Å². The molecule has 0 saturated heterocycles. The van der Waals surface area contributed by atoms with Gasteiger partial charge in [0.1, 0.15) is 29.3 Å². The highest BCUT2D eigenvalue weighted by Gasteiger charge is 2.40. The molecule has 2 aromatic carbocycles. The molecule has 4 atom stereocenters. The maximum absolute atomic E-state index is 14.6. The zero-order chi connectivity index (χ0) is 34.8. The summed E-state index contributed by atoms with van der Waals surface area (Å²) in [5.41, 5.74) is 0.746. The van der Waals surface area contributed by atoms with Crippen LogP contribution in [0.3, 0.4) is 0 Å². The summed E-state index contributed by atoms with van der Waals surface area (Å²) < 4.78 is 11.1. The van der Waals surface area contributed by atoms with E-state index in [0.29, 0.717) is 17.9 Å². The third-order valence-corrected chi connectivity index (χ3v) is 7.29. The van der Waals surface area contributed by atoms with Gasteiger partial charge < -0.3 is 25.0 Å². The van der Waals surface area contributed by atoms with E-state index in [9.17, 15) is 19.2 Å². The molecule has 4 unspecified atom stereocenters. The van der Waals surface area contributed by atoms with Crippen molar-refractivity contribution < 1.29 is 28.7 Å². The van der Waals surface area contributed by atoms with Gasteiger partial charge in [0.05, 0.1) is 0 Å². The Morgan fingerprint density at radius 3 is 1.87 bits per heavy atom. The van der Waals surface area contributed by atoms with Crippen LogP contribution < -0.4 is 10.6 Å². The molecule has 254 valence electrons. The molecule has 2 rings (SSSR count). The van der Waals surface area contributed by atoms with E-state index in [1.807, 2.05) is 68.4 Å². The van der Waals surface area contributed by atoms with Gasteiger partial charge in [-0.2, -0.15) is 0 Å². The summed E-state index contributed by atoms with van der Waals surface area (Å²) in [5.74, 6) is -1.17. The lowest BCUT2D eigenvalue weighted by Crippen LogP contribution is -2.56.